The molecule has 1 heterocycles. The minimum atomic E-state index is -1.03. The number of carboxylic acid groups (broad SMARTS) is 1. The molecule has 18 heavy (non-hydrogen) atoms. The molecule has 6 nitrogen and oxygen atoms in total. The maximum atomic E-state index is 11.9. The van der Waals surface area contributed by atoms with Gasteiger partial charge in [0.2, 0.25) is 0 Å². The molecule has 1 fully saturated rings. The van der Waals surface area contributed by atoms with Gasteiger partial charge in [-0.15, -0.1) is 0 Å². The average Bonchev–Trinajstić information content (AvgIpc) is 2.40. The highest BCUT2D eigenvalue weighted by Gasteiger charge is 2.33. The molecule has 1 aromatic rings. The molecule has 0 aromatic heterocycles. The smallest absolute Gasteiger partial charge is 0.416 e. The number of hydrogen-bond acceptors (Lipinski definition) is 4. The summed E-state index contributed by atoms with van der Waals surface area (Å²) < 4.78 is 5.13. The molecule has 1 amide bonds. The van der Waals surface area contributed by atoms with Crippen LogP contribution in [0.1, 0.15) is 0 Å². The Labute approximate surface area is 104 Å². The van der Waals surface area contributed by atoms with Crippen LogP contribution in [0.25, 0.3) is 0 Å². The van der Waals surface area contributed by atoms with Gasteiger partial charge < -0.3 is 15.2 Å². The van der Waals surface area contributed by atoms with Gasteiger partial charge in [-0.1, -0.05) is 18.2 Å². The molecule has 1 saturated heterocycles. The van der Waals surface area contributed by atoms with Gasteiger partial charge in [-0.25, -0.2) is 9.59 Å². The van der Waals surface area contributed by atoms with Gasteiger partial charge >= 0.3 is 12.1 Å². The van der Waals surface area contributed by atoms with Gasteiger partial charge in [0.15, 0.2) is 0 Å². The third-order valence-corrected chi connectivity index (χ3v) is 2.71. The SMILES string of the molecule is O=C(O)C1CNCCN1C(=O)Oc1ccccc1. The van der Waals surface area contributed by atoms with Crippen molar-refractivity contribution in [3.8, 4) is 5.75 Å². The van der Waals surface area contributed by atoms with Crippen molar-refractivity contribution in [2.24, 2.45) is 0 Å². The number of carbonyl (C=O) groups is 2. The second kappa shape index (κ2) is 5.50. The summed E-state index contributed by atoms with van der Waals surface area (Å²) in [4.78, 5) is 24.2. The van der Waals surface area contributed by atoms with Crippen LogP contribution in [0, 0.1) is 0 Å². The molecule has 96 valence electrons. The predicted octanol–water partition coefficient (Wildman–Crippen LogP) is 0.544. The Kier molecular flexibility index (Phi) is 3.78. The second-order valence-electron chi connectivity index (χ2n) is 3.93. The molecule has 0 saturated carbocycles. The average molecular weight is 250 g/mol. The Morgan fingerprint density at radius 2 is 2.06 bits per heavy atom. The van der Waals surface area contributed by atoms with Crippen LogP contribution in [0.2, 0.25) is 0 Å². The Morgan fingerprint density at radius 1 is 1.33 bits per heavy atom. The molecule has 2 rings (SSSR count). The number of nitrogens with zero attached hydrogens (tertiary/aromatic N) is 1. The monoisotopic (exact) mass is 250 g/mol. The zero-order valence-electron chi connectivity index (χ0n) is 9.70. The van der Waals surface area contributed by atoms with E-state index < -0.39 is 18.1 Å². The van der Waals surface area contributed by atoms with Gasteiger partial charge in [-0.05, 0) is 12.1 Å². The van der Waals surface area contributed by atoms with Crippen LogP contribution in [0.15, 0.2) is 30.3 Å². The lowest BCUT2D eigenvalue weighted by atomic mass is 10.2. The Bertz CT molecular complexity index is 435. The minimum Gasteiger partial charge on any atom is -0.480 e. The molecular formula is C12H14N2O4. The van der Waals surface area contributed by atoms with Crippen molar-refractivity contribution in [3.63, 3.8) is 0 Å². The lowest BCUT2D eigenvalue weighted by Crippen LogP contribution is -2.57. The van der Waals surface area contributed by atoms with Crippen molar-refractivity contribution >= 4 is 12.1 Å². The first kappa shape index (κ1) is 12.4. The summed E-state index contributed by atoms with van der Waals surface area (Å²) in [6, 6.07) is 7.72. The van der Waals surface area contributed by atoms with Crippen LogP contribution in [-0.4, -0.2) is 47.7 Å². The number of ether oxygens (including phenoxy) is 1. The number of nitrogens with one attached hydrogen (secondary N) is 1. The van der Waals surface area contributed by atoms with E-state index in [1.165, 1.54) is 4.90 Å². The number of para-hydroxylation sites is 1. The van der Waals surface area contributed by atoms with Crippen molar-refractivity contribution in [2.45, 2.75) is 6.04 Å². The van der Waals surface area contributed by atoms with Crippen LogP contribution >= 0.6 is 0 Å². The van der Waals surface area contributed by atoms with Gasteiger partial charge in [0.05, 0.1) is 0 Å². The fraction of sp³-hybridized carbons (Fsp3) is 0.333. The van der Waals surface area contributed by atoms with Crippen molar-refractivity contribution in [3.05, 3.63) is 30.3 Å². The van der Waals surface area contributed by atoms with Crippen LogP contribution in [0.4, 0.5) is 4.79 Å². The van der Waals surface area contributed by atoms with Crippen LogP contribution in [0.3, 0.4) is 0 Å². The zero-order chi connectivity index (χ0) is 13.0. The van der Waals surface area contributed by atoms with Crippen molar-refractivity contribution in [1.82, 2.24) is 10.2 Å². The third-order valence-electron chi connectivity index (χ3n) is 2.71. The number of carboxylic acids is 1. The Balaban J connectivity index is 2.05. The topological polar surface area (TPSA) is 78.9 Å². The number of carbonyl (C=O) groups excluding carboxylic acids is 1. The van der Waals surface area contributed by atoms with Crippen LogP contribution < -0.4 is 10.1 Å². The van der Waals surface area contributed by atoms with Gasteiger partial charge in [0.1, 0.15) is 11.8 Å². The number of benzene rings is 1. The molecule has 0 radical (unpaired) electrons. The van der Waals surface area contributed by atoms with E-state index in [1.807, 2.05) is 6.07 Å². The highest BCUT2D eigenvalue weighted by Crippen LogP contribution is 2.12. The summed E-state index contributed by atoms with van der Waals surface area (Å²) in [6.07, 6.45) is -0.630. The standard InChI is InChI=1S/C12H14N2O4/c15-11(16)10-8-13-6-7-14(10)12(17)18-9-4-2-1-3-5-9/h1-5,10,13H,6-8H2,(H,15,16). The summed E-state index contributed by atoms with van der Waals surface area (Å²) in [5, 5.41) is 12.0. The minimum absolute atomic E-state index is 0.235. The van der Waals surface area contributed by atoms with E-state index in [2.05, 4.69) is 5.32 Å². The summed E-state index contributed by atoms with van der Waals surface area (Å²) in [6.45, 7) is 1.12. The molecule has 1 unspecified atom stereocenters. The Morgan fingerprint density at radius 3 is 2.72 bits per heavy atom. The van der Waals surface area contributed by atoms with E-state index >= 15 is 0 Å². The molecule has 0 spiro atoms. The van der Waals surface area contributed by atoms with Gasteiger partial charge in [-0.3, -0.25) is 4.90 Å². The maximum Gasteiger partial charge on any atom is 0.416 e. The summed E-state index contributed by atoms with van der Waals surface area (Å²) in [5.74, 6) is -0.627. The number of amides is 1. The summed E-state index contributed by atoms with van der Waals surface area (Å²) in [7, 11) is 0. The molecule has 0 aliphatic carbocycles. The number of rotatable bonds is 2. The summed E-state index contributed by atoms with van der Waals surface area (Å²) in [5.41, 5.74) is 0. The van der Waals surface area contributed by atoms with Gasteiger partial charge in [0.25, 0.3) is 0 Å². The highest BCUT2D eigenvalue weighted by atomic mass is 16.6. The predicted molar refractivity (Wildman–Crippen MR) is 63.5 cm³/mol. The molecule has 6 heteroatoms. The first-order valence-corrected chi connectivity index (χ1v) is 5.65. The largest absolute Gasteiger partial charge is 0.480 e. The fourth-order valence-corrected chi connectivity index (χ4v) is 1.79. The first-order chi connectivity index (χ1) is 8.68. The fourth-order valence-electron chi connectivity index (χ4n) is 1.79. The lowest BCUT2D eigenvalue weighted by Gasteiger charge is -2.32. The van der Waals surface area contributed by atoms with E-state index in [0.717, 1.165) is 0 Å². The van der Waals surface area contributed by atoms with E-state index in [4.69, 9.17) is 9.84 Å². The number of hydrogen-bond donors (Lipinski definition) is 2. The maximum absolute atomic E-state index is 11.9. The van der Waals surface area contributed by atoms with Crippen LogP contribution in [0.5, 0.6) is 5.75 Å². The Hall–Kier alpha value is -2.08. The van der Waals surface area contributed by atoms with Crippen molar-refractivity contribution in [1.29, 1.82) is 0 Å². The van der Waals surface area contributed by atoms with Gasteiger partial charge in [-0.2, -0.15) is 0 Å². The number of piperazine rings is 1. The van der Waals surface area contributed by atoms with E-state index in [-0.39, 0.29) is 6.54 Å². The van der Waals surface area contributed by atoms with E-state index in [0.29, 0.717) is 18.8 Å². The van der Waals surface area contributed by atoms with Gasteiger partial charge in [0, 0.05) is 19.6 Å². The first-order valence-electron chi connectivity index (χ1n) is 5.65. The molecule has 1 aromatic carbocycles. The van der Waals surface area contributed by atoms with Crippen LogP contribution in [-0.2, 0) is 4.79 Å². The summed E-state index contributed by atoms with van der Waals surface area (Å²) >= 11 is 0. The lowest BCUT2D eigenvalue weighted by molar-refractivity contribution is -0.143. The molecule has 2 N–H and O–H groups in total. The molecular weight excluding hydrogens is 236 g/mol. The highest BCUT2D eigenvalue weighted by molar-refractivity contribution is 5.81. The molecule has 1 atom stereocenters. The quantitative estimate of drug-likeness (QED) is 0.801. The number of aliphatic carboxylic acids is 1. The molecule has 0 bridgehead atoms. The van der Waals surface area contributed by atoms with Crippen molar-refractivity contribution in [2.75, 3.05) is 19.6 Å². The normalized spacial score (nSPS) is 19.3. The second-order valence-corrected chi connectivity index (χ2v) is 3.93. The molecule has 1 aliphatic heterocycles. The zero-order valence-corrected chi connectivity index (χ0v) is 9.70. The third kappa shape index (κ3) is 2.78. The van der Waals surface area contributed by atoms with E-state index in [1.54, 1.807) is 24.3 Å². The van der Waals surface area contributed by atoms with Crippen molar-refractivity contribution < 1.29 is 19.4 Å². The van der Waals surface area contributed by atoms with E-state index in [9.17, 15) is 9.59 Å². The molecule has 1 aliphatic rings.